The first-order chi connectivity index (χ1) is 4.64. The van der Waals surface area contributed by atoms with Crippen LogP contribution in [0.25, 0.3) is 0 Å². The number of hydrogen-bond acceptors (Lipinski definition) is 3. The topological polar surface area (TPSA) is 38.4 Å². The second-order valence-electron chi connectivity index (χ2n) is 3.53. The zero-order chi connectivity index (χ0) is 7.61. The van der Waals surface area contributed by atoms with Crippen molar-refractivity contribution >= 4 is 17.5 Å². The Morgan fingerprint density at radius 3 is 2.70 bits per heavy atom. The summed E-state index contributed by atoms with van der Waals surface area (Å²) in [6.45, 7) is 4.51. The molecule has 0 atom stereocenters. The van der Waals surface area contributed by atoms with Crippen LogP contribution in [-0.2, 0) is 0 Å². The van der Waals surface area contributed by atoms with Crippen LogP contribution in [0.5, 0.6) is 0 Å². The minimum atomic E-state index is 0.404. The van der Waals surface area contributed by atoms with Crippen LogP contribution in [0.1, 0.15) is 20.3 Å². The lowest BCUT2D eigenvalue weighted by atomic mass is 9.89. The van der Waals surface area contributed by atoms with Gasteiger partial charge in [-0.2, -0.15) is 16.9 Å². The second-order valence-corrected chi connectivity index (χ2v) is 4.51. The fourth-order valence-corrected chi connectivity index (χ4v) is 2.35. The maximum absolute atomic E-state index is 5.20. The summed E-state index contributed by atoms with van der Waals surface area (Å²) in [5.74, 6) is 7.45. The van der Waals surface area contributed by atoms with E-state index in [1.165, 1.54) is 5.75 Å². The van der Waals surface area contributed by atoms with Gasteiger partial charge in [0.15, 0.2) is 0 Å². The average molecular weight is 158 g/mol. The molecule has 1 rings (SSSR count). The van der Waals surface area contributed by atoms with Gasteiger partial charge >= 0.3 is 0 Å². The molecule has 0 aliphatic carbocycles. The molecule has 3 heteroatoms. The van der Waals surface area contributed by atoms with Gasteiger partial charge in [0.1, 0.15) is 0 Å². The molecule has 0 aromatic carbocycles. The Morgan fingerprint density at radius 1 is 1.60 bits per heavy atom. The van der Waals surface area contributed by atoms with Crippen molar-refractivity contribution in [3.8, 4) is 0 Å². The van der Waals surface area contributed by atoms with E-state index in [2.05, 4.69) is 18.9 Å². The van der Waals surface area contributed by atoms with Crippen LogP contribution in [-0.4, -0.2) is 17.2 Å². The smallest absolute Gasteiger partial charge is 0.0480 e. The molecule has 1 fully saturated rings. The molecule has 1 aliphatic heterocycles. The molecule has 1 saturated heterocycles. The summed E-state index contributed by atoms with van der Waals surface area (Å²) in [4.78, 5) is 0. The molecular weight excluding hydrogens is 144 g/mol. The van der Waals surface area contributed by atoms with E-state index in [0.29, 0.717) is 5.41 Å². The van der Waals surface area contributed by atoms with Gasteiger partial charge in [0.05, 0.1) is 0 Å². The Hall–Kier alpha value is -0.180. The summed E-state index contributed by atoms with van der Waals surface area (Å²) < 4.78 is 0. The largest absolute Gasteiger partial charge is 0.323 e. The second kappa shape index (κ2) is 2.82. The Balaban J connectivity index is 2.56. The highest BCUT2D eigenvalue weighted by Gasteiger charge is 2.25. The number of nitrogens with two attached hydrogens (primary N) is 1. The van der Waals surface area contributed by atoms with Crippen molar-refractivity contribution in [3.05, 3.63) is 0 Å². The monoisotopic (exact) mass is 158 g/mol. The Bertz CT molecular complexity index is 152. The molecule has 0 bridgehead atoms. The minimum Gasteiger partial charge on any atom is -0.323 e. The maximum Gasteiger partial charge on any atom is 0.0480 e. The van der Waals surface area contributed by atoms with Gasteiger partial charge in [-0.15, -0.1) is 0 Å². The molecule has 10 heavy (non-hydrogen) atoms. The molecular formula is C7H14N2S. The Morgan fingerprint density at radius 2 is 2.30 bits per heavy atom. The summed E-state index contributed by atoms with van der Waals surface area (Å²) in [6.07, 6.45) is 1.07. The van der Waals surface area contributed by atoms with Crippen molar-refractivity contribution < 1.29 is 0 Å². The van der Waals surface area contributed by atoms with Crippen LogP contribution in [0.3, 0.4) is 0 Å². The number of rotatable bonds is 0. The van der Waals surface area contributed by atoms with Crippen molar-refractivity contribution in [2.24, 2.45) is 16.4 Å². The highest BCUT2D eigenvalue weighted by atomic mass is 32.2. The van der Waals surface area contributed by atoms with Crippen LogP contribution in [0.15, 0.2) is 5.10 Å². The normalized spacial score (nSPS) is 28.8. The van der Waals surface area contributed by atoms with E-state index < -0.39 is 0 Å². The van der Waals surface area contributed by atoms with Crippen LogP contribution in [0, 0.1) is 5.41 Å². The predicted molar refractivity (Wildman–Crippen MR) is 47.3 cm³/mol. The first kappa shape index (κ1) is 7.92. The third-order valence-corrected chi connectivity index (χ3v) is 3.15. The lowest BCUT2D eigenvalue weighted by Gasteiger charge is -2.29. The third-order valence-electron chi connectivity index (χ3n) is 1.63. The van der Waals surface area contributed by atoms with E-state index in [9.17, 15) is 0 Å². The van der Waals surface area contributed by atoms with Crippen molar-refractivity contribution in [2.75, 3.05) is 11.5 Å². The number of hydrogen-bond donors (Lipinski definition) is 1. The minimum absolute atomic E-state index is 0.404. The fourth-order valence-electron chi connectivity index (χ4n) is 1.18. The zero-order valence-electron chi connectivity index (χ0n) is 6.55. The summed E-state index contributed by atoms with van der Waals surface area (Å²) in [5.41, 5.74) is 1.56. The van der Waals surface area contributed by atoms with Crippen LogP contribution in [0.4, 0.5) is 0 Å². The molecule has 0 spiro atoms. The van der Waals surface area contributed by atoms with E-state index in [1.807, 2.05) is 11.8 Å². The van der Waals surface area contributed by atoms with Gasteiger partial charge in [0, 0.05) is 11.5 Å². The Kier molecular flexibility index (Phi) is 2.24. The first-order valence-electron chi connectivity index (χ1n) is 3.47. The van der Waals surface area contributed by atoms with Gasteiger partial charge < -0.3 is 5.84 Å². The van der Waals surface area contributed by atoms with Gasteiger partial charge in [-0.3, -0.25) is 0 Å². The van der Waals surface area contributed by atoms with Crippen LogP contribution < -0.4 is 5.84 Å². The van der Waals surface area contributed by atoms with Gasteiger partial charge in [-0.05, 0) is 17.6 Å². The average Bonchev–Trinajstić information content (AvgIpc) is 1.86. The molecule has 0 radical (unpaired) electrons. The van der Waals surface area contributed by atoms with E-state index in [1.54, 1.807) is 0 Å². The van der Waals surface area contributed by atoms with E-state index >= 15 is 0 Å². The fraction of sp³-hybridized carbons (Fsp3) is 0.857. The van der Waals surface area contributed by atoms with Crippen molar-refractivity contribution in [2.45, 2.75) is 20.3 Å². The molecule has 1 aliphatic rings. The van der Waals surface area contributed by atoms with Gasteiger partial charge in [-0.1, -0.05) is 13.8 Å². The van der Waals surface area contributed by atoms with Gasteiger partial charge in [-0.25, -0.2) is 0 Å². The molecule has 0 amide bonds. The van der Waals surface area contributed by atoms with Gasteiger partial charge in [0.2, 0.25) is 0 Å². The molecule has 0 aromatic heterocycles. The van der Waals surface area contributed by atoms with E-state index in [-0.39, 0.29) is 0 Å². The first-order valence-corrected chi connectivity index (χ1v) is 4.63. The standard InChI is InChI=1S/C7H14N2S/c1-7(2)3-6(9-8)4-10-5-7/h3-5,8H2,1-2H3/b9-6-. The van der Waals surface area contributed by atoms with E-state index in [4.69, 9.17) is 5.84 Å². The zero-order valence-corrected chi connectivity index (χ0v) is 7.37. The molecule has 2 N–H and O–H groups in total. The van der Waals surface area contributed by atoms with Crippen molar-refractivity contribution in [1.82, 2.24) is 0 Å². The van der Waals surface area contributed by atoms with Crippen molar-refractivity contribution in [3.63, 3.8) is 0 Å². The lowest BCUT2D eigenvalue weighted by molar-refractivity contribution is 0.439. The SMILES string of the molecule is CC1(C)CSC/C(=N\N)C1. The molecule has 0 saturated carbocycles. The number of thioether (sulfide) groups is 1. The van der Waals surface area contributed by atoms with Crippen LogP contribution in [0.2, 0.25) is 0 Å². The van der Waals surface area contributed by atoms with Crippen LogP contribution >= 0.6 is 11.8 Å². The number of nitrogens with zero attached hydrogens (tertiary/aromatic N) is 1. The van der Waals surface area contributed by atoms with Gasteiger partial charge in [0.25, 0.3) is 0 Å². The van der Waals surface area contributed by atoms with E-state index in [0.717, 1.165) is 17.9 Å². The summed E-state index contributed by atoms with van der Waals surface area (Å²) in [7, 11) is 0. The molecule has 1 heterocycles. The maximum atomic E-state index is 5.20. The summed E-state index contributed by atoms with van der Waals surface area (Å²) in [5, 5.41) is 3.74. The summed E-state index contributed by atoms with van der Waals surface area (Å²) in [6, 6.07) is 0. The highest BCUT2D eigenvalue weighted by molar-refractivity contribution is 8.00. The molecule has 0 aromatic rings. The third kappa shape index (κ3) is 1.90. The quantitative estimate of drug-likeness (QED) is 0.428. The predicted octanol–water partition coefficient (Wildman–Crippen LogP) is 1.46. The Labute approximate surface area is 66.3 Å². The molecule has 58 valence electrons. The molecule has 0 unspecified atom stereocenters. The molecule has 2 nitrogen and oxygen atoms in total. The lowest BCUT2D eigenvalue weighted by Crippen LogP contribution is -2.27. The number of hydrazone groups is 1. The summed E-state index contributed by atoms with van der Waals surface area (Å²) >= 11 is 1.92. The van der Waals surface area contributed by atoms with Crippen molar-refractivity contribution in [1.29, 1.82) is 0 Å². The highest BCUT2D eigenvalue weighted by Crippen LogP contribution is 2.31.